The first-order chi connectivity index (χ1) is 11.6. The summed E-state index contributed by atoms with van der Waals surface area (Å²) < 4.78 is 2.98. The number of hydrogen-bond acceptors (Lipinski definition) is 4. The molecule has 24 heavy (non-hydrogen) atoms. The van der Waals surface area contributed by atoms with Gasteiger partial charge in [-0.2, -0.15) is 4.98 Å². The van der Waals surface area contributed by atoms with Gasteiger partial charge in [0.05, 0.1) is 12.1 Å². The van der Waals surface area contributed by atoms with Crippen LogP contribution in [0.1, 0.15) is 35.2 Å². The molecule has 2 aromatic carbocycles. The molecule has 0 saturated carbocycles. The van der Waals surface area contributed by atoms with Crippen LogP contribution in [0.4, 0.5) is 11.9 Å². The summed E-state index contributed by atoms with van der Waals surface area (Å²) in [4.78, 5) is 4.36. The molecular weight excluding hydrogens is 366 g/mol. The monoisotopic (exact) mass is 383 g/mol. The fraction of sp³-hybridized carbons (Fsp3) is 0.222. The van der Waals surface area contributed by atoms with E-state index in [4.69, 9.17) is 5.73 Å². The maximum atomic E-state index is 5.85. The number of rotatable bonds is 2. The fourth-order valence-corrected chi connectivity index (χ4v) is 3.59. The van der Waals surface area contributed by atoms with Gasteiger partial charge >= 0.3 is 0 Å². The molecule has 122 valence electrons. The van der Waals surface area contributed by atoms with Crippen LogP contribution >= 0.6 is 15.9 Å². The molecule has 3 N–H and O–H groups in total. The van der Waals surface area contributed by atoms with Gasteiger partial charge in [-0.15, -0.1) is 5.10 Å². The number of hydrogen-bond donors (Lipinski definition) is 2. The Bertz CT molecular complexity index is 871. The number of nitrogens with one attached hydrogen (secondary N) is 1. The molecule has 0 fully saturated rings. The largest absolute Gasteiger partial charge is 0.366 e. The zero-order valence-electron chi connectivity index (χ0n) is 13.3. The molecule has 6 heteroatoms. The van der Waals surface area contributed by atoms with E-state index in [0.717, 1.165) is 16.8 Å². The minimum atomic E-state index is 0.112. The number of fused-ring (bicyclic) bond motifs is 1. The molecular formula is C18H18BrN5. The molecule has 0 radical (unpaired) electrons. The van der Waals surface area contributed by atoms with Crippen molar-refractivity contribution in [3.63, 3.8) is 0 Å². The molecule has 2 heterocycles. The lowest BCUT2D eigenvalue weighted by Gasteiger charge is -2.32. The van der Waals surface area contributed by atoms with E-state index in [1.165, 1.54) is 16.7 Å². The third-order valence-corrected chi connectivity index (χ3v) is 5.05. The molecule has 1 aliphatic rings. The van der Waals surface area contributed by atoms with Crippen molar-refractivity contribution in [3.8, 4) is 0 Å². The van der Waals surface area contributed by atoms with Gasteiger partial charge in [0.2, 0.25) is 11.9 Å². The van der Waals surface area contributed by atoms with Crippen LogP contribution in [0.2, 0.25) is 0 Å². The molecule has 3 aromatic rings. The van der Waals surface area contributed by atoms with Crippen LogP contribution in [-0.2, 0) is 0 Å². The van der Waals surface area contributed by atoms with Gasteiger partial charge in [-0.25, -0.2) is 4.68 Å². The molecule has 0 bridgehead atoms. The topological polar surface area (TPSA) is 68.8 Å². The number of nitrogens with two attached hydrogens (primary N) is 1. The van der Waals surface area contributed by atoms with Gasteiger partial charge in [0.15, 0.2) is 0 Å². The minimum Gasteiger partial charge on any atom is -0.366 e. The van der Waals surface area contributed by atoms with Crippen LogP contribution < -0.4 is 11.1 Å². The summed E-state index contributed by atoms with van der Waals surface area (Å²) in [6.07, 6.45) is 0.891. The quantitative estimate of drug-likeness (QED) is 0.699. The molecule has 0 spiro atoms. The Kier molecular flexibility index (Phi) is 3.76. The maximum absolute atomic E-state index is 5.85. The van der Waals surface area contributed by atoms with Crippen molar-refractivity contribution in [2.45, 2.75) is 25.4 Å². The molecule has 2 atom stereocenters. The molecule has 1 aliphatic heterocycles. The Balaban J connectivity index is 1.78. The van der Waals surface area contributed by atoms with Crippen molar-refractivity contribution < 1.29 is 0 Å². The molecule has 4 rings (SSSR count). The van der Waals surface area contributed by atoms with Crippen molar-refractivity contribution in [1.82, 2.24) is 14.8 Å². The number of aryl methyl sites for hydroxylation is 1. The fourth-order valence-electron chi connectivity index (χ4n) is 3.33. The van der Waals surface area contributed by atoms with Crippen LogP contribution in [0.3, 0.4) is 0 Å². The van der Waals surface area contributed by atoms with Gasteiger partial charge in [-0.1, -0.05) is 52.3 Å². The summed E-state index contributed by atoms with van der Waals surface area (Å²) in [5, 5.41) is 7.87. The first-order valence-corrected chi connectivity index (χ1v) is 8.70. The Morgan fingerprint density at radius 3 is 2.67 bits per heavy atom. The van der Waals surface area contributed by atoms with Crippen molar-refractivity contribution in [2.75, 3.05) is 11.1 Å². The number of halogens is 1. The van der Waals surface area contributed by atoms with Crippen molar-refractivity contribution in [2.24, 2.45) is 0 Å². The van der Waals surface area contributed by atoms with Crippen LogP contribution in [-0.4, -0.2) is 14.8 Å². The number of nitrogens with zero attached hydrogens (tertiary/aromatic N) is 3. The second-order valence-corrected chi connectivity index (χ2v) is 7.01. The summed E-state index contributed by atoms with van der Waals surface area (Å²) in [6, 6.07) is 17.1. The highest BCUT2D eigenvalue weighted by molar-refractivity contribution is 9.10. The summed E-state index contributed by atoms with van der Waals surface area (Å²) >= 11 is 3.49. The number of nitrogen functional groups attached to an aromatic ring is 1. The van der Waals surface area contributed by atoms with E-state index >= 15 is 0 Å². The van der Waals surface area contributed by atoms with E-state index in [-0.39, 0.29) is 12.1 Å². The highest BCUT2D eigenvalue weighted by atomic mass is 79.9. The Labute approximate surface area is 149 Å². The Morgan fingerprint density at radius 1 is 1.17 bits per heavy atom. The summed E-state index contributed by atoms with van der Waals surface area (Å²) in [5.74, 6) is 1.02. The average molecular weight is 384 g/mol. The van der Waals surface area contributed by atoms with E-state index in [2.05, 4.69) is 86.8 Å². The average Bonchev–Trinajstić information content (AvgIpc) is 2.95. The molecule has 1 aromatic heterocycles. The van der Waals surface area contributed by atoms with Crippen LogP contribution in [0.25, 0.3) is 0 Å². The molecule has 0 amide bonds. The normalized spacial score (nSPS) is 19.6. The van der Waals surface area contributed by atoms with Crippen molar-refractivity contribution in [1.29, 1.82) is 0 Å². The van der Waals surface area contributed by atoms with Gasteiger partial charge < -0.3 is 11.1 Å². The zero-order valence-corrected chi connectivity index (χ0v) is 14.9. The third-order valence-electron chi connectivity index (χ3n) is 4.52. The van der Waals surface area contributed by atoms with E-state index in [9.17, 15) is 0 Å². The second-order valence-electron chi connectivity index (χ2n) is 6.09. The number of aromatic nitrogens is 3. The summed E-state index contributed by atoms with van der Waals surface area (Å²) in [6.45, 7) is 2.13. The lowest BCUT2D eigenvalue weighted by molar-refractivity contribution is 0.430. The van der Waals surface area contributed by atoms with Crippen LogP contribution in [0.5, 0.6) is 0 Å². The molecule has 0 aliphatic carbocycles. The number of benzene rings is 2. The Morgan fingerprint density at radius 2 is 1.92 bits per heavy atom. The lowest BCUT2D eigenvalue weighted by Crippen LogP contribution is -2.28. The zero-order chi connectivity index (χ0) is 16.7. The first kappa shape index (κ1) is 15.2. The van der Waals surface area contributed by atoms with Crippen molar-refractivity contribution >= 4 is 27.8 Å². The van der Waals surface area contributed by atoms with Crippen molar-refractivity contribution in [3.05, 3.63) is 69.7 Å². The van der Waals surface area contributed by atoms with Gasteiger partial charge in [-0.05, 0) is 42.2 Å². The highest BCUT2D eigenvalue weighted by Crippen LogP contribution is 2.39. The lowest BCUT2D eigenvalue weighted by atomic mass is 9.91. The minimum absolute atomic E-state index is 0.112. The summed E-state index contributed by atoms with van der Waals surface area (Å²) in [5.41, 5.74) is 9.58. The smallest absolute Gasteiger partial charge is 0.241 e. The highest BCUT2D eigenvalue weighted by Gasteiger charge is 2.31. The van der Waals surface area contributed by atoms with E-state index < -0.39 is 0 Å². The molecule has 5 nitrogen and oxygen atoms in total. The van der Waals surface area contributed by atoms with E-state index in [1.807, 2.05) is 4.68 Å². The Hall–Kier alpha value is -2.34. The van der Waals surface area contributed by atoms with Gasteiger partial charge in [0.1, 0.15) is 0 Å². The van der Waals surface area contributed by atoms with Gasteiger partial charge in [0, 0.05) is 4.47 Å². The predicted octanol–water partition coefficient (Wildman–Crippen LogP) is 4.08. The van der Waals surface area contributed by atoms with Crippen LogP contribution in [0.15, 0.2) is 53.0 Å². The van der Waals surface area contributed by atoms with Gasteiger partial charge in [-0.3, -0.25) is 0 Å². The number of anilines is 2. The summed E-state index contributed by atoms with van der Waals surface area (Å²) in [7, 11) is 0. The second kappa shape index (κ2) is 5.94. The standard InChI is InChI=1S/C18H18BrN5/c1-11-4-2-3-5-14(11)16-10-15(12-6-8-13(19)9-7-12)21-18-22-17(20)23-24(16)18/h2-9,15-16H,10H2,1H3,(H3,20,21,22,23)/t15-,16+/m0/s1. The maximum Gasteiger partial charge on any atom is 0.241 e. The SMILES string of the molecule is Cc1ccccc1[C@H]1C[C@@H](c2ccc(Br)cc2)Nc2nc(N)nn21. The van der Waals surface area contributed by atoms with Crippen LogP contribution in [0, 0.1) is 6.92 Å². The van der Waals surface area contributed by atoms with E-state index in [0.29, 0.717) is 5.95 Å². The first-order valence-electron chi connectivity index (χ1n) is 7.91. The third kappa shape index (κ3) is 2.67. The van der Waals surface area contributed by atoms with Gasteiger partial charge in [0.25, 0.3) is 0 Å². The molecule has 0 saturated heterocycles. The molecule has 0 unspecified atom stereocenters. The van der Waals surface area contributed by atoms with E-state index in [1.54, 1.807) is 0 Å². The predicted molar refractivity (Wildman–Crippen MR) is 98.9 cm³/mol.